The number of primary amides is 1. The molecule has 0 aliphatic carbocycles. The molecule has 1 amide bonds. The zero-order chi connectivity index (χ0) is 23.0. The molecule has 0 aromatic heterocycles. The molecule has 1 unspecified atom stereocenters. The van der Waals surface area contributed by atoms with E-state index in [4.69, 9.17) is 5.73 Å². The molecule has 0 bridgehead atoms. The number of carbonyl (C=O) groups is 1. The third kappa shape index (κ3) is 6.81. The molecular weight excluding hydrogens is 390 g/mol. The highest BCUT2D eigenvalue weighted by atomic mass is 16.6. The summed E-state index contributed by atoms with van der Waals surface area (Å²) < 4.78 is 0. The van der Waals surface area contributed by atoms with E-state index in [1.165, 1.54) is 18.1 Å². The van der Waals surface area contributed by atoms with Crippen LogP contribution in [0.25, 0.3) is 0 Å². The number of amides is 1. The largest absolute Gasteiger partial charge is 0.366 e. The summed E-state index contributed by atoms with van der Waals surface area (Å²) in [4.78, 5) is 24.6. The van der Waals surface area contributed by atoms with E-state index in [0.29, 0.717) is 0 Å². The van der Waals surface area contributed by atoms with E-state index >= 15 is 0 Å². The zero-order valence-electron chi connectivity index (χ0n) is 19.1. The molecule has 1 aromatic rings. The van der Waals surface area contributed by atoms with Gasteiger partial charge < -0.3 is 10.6 Å². The summed E-state index contributed by atoms with van der Waals surface area (Å²) in [6.07, 6.45) is 11.0. The summed E-state index contributed by atoms with van der Waals surface area (Å²) in [6, 6.07) is 5.68. The van der Waals surface area contributed by atoms with Crippen LogP contribution in [0.2, 0.25) is 0 Å². The molecule has 1 aliphatic rings. The zero-order valence-corrected chi connectivity index (χ0v) is 19.1. The Kier molecular flexibility index (Phi) is 9.03. The van der Waals surface area contributed by atoms with Crippen molar-refractivity contribution in [2.75, 3.05) is 18.0 Å². The molecule has 1 saturated heterocycles. The molecule has 2 rings (SSSR count). The lowest BCUT2D eigenvalue weighted by Crippen LogP contribution is -2.33. The van der Waals surface area contributed by atoms with Crippen LogP contribution in [0.4, 0.5) is 11.4 Å². The fourth-order valence-electron chi connectivity index (χ4n) is 4.19. The molecule has 0 spiro atoms. The van der Waals surface area contributed by atoms with E-state index in [-0.39, 0.29) is 16.5 Å². The van der Waals surface area contributed by atoms with Gasteiger partial charge in [0, 0.05) is 31.1 Å². The number of nitrogens with zero attached hydrogens (tertiary/aromatic N) is 2. The van der Waals surface area contributed by atoms with Gasteiger partial charge in [0.1, 0.15) is 5.69 Å². The van der Waals surface area contributed by atoms with Crippen molar-refractivity contribution in [1.29, 1.82) is 0 Å². The van der Waals surface area contributed by atoms with Crippen LogP contribution >= 0.6 is 0 Å². The Morgan fingerprint density at radius 3 is 2.55 bits per heavy atom. The Hall–Kier alpha value is -2.89. The van der Waals surface area contributed by atoms with E-state index in [1.807, 2.05) is 25.1 Å². The Morgan fingerprint density at radius 1 is 1.32 bits per heavy atom. The molecule has 1 atom stereocenters. The summed E-state index contributed by atoms with van der Waals surface area (Å²) in [5.41, 5.74) is 9.14. The van der Waals surface area contributed by atoms with Gasteiger partial charge in [0.25, 0.3) is 5.69 Å². The van der Waals surface area contributed by atoms with Crippen LogP contribution in [0, 0.1) is 16.0 Å². The number of anilines is 1. The predicted molar refractivity (Wildman–Crippen MR) is 127 cm³/mol. The van der Waals surface area contributed by atoms with Crippen LogP contribution in [-0.2, 0) is 4.79 Å². The summed E-state index contributed by atoms with van der Waals surface area (Å²) in [6.45, 7) is 10.1. The lowest BCUT2D eigenvalue weighted by atomic mass is 9.89. The molecule has 1 heterocycles. The Morgan fingerprint density at radius 2 is 2.00 bits per heavy atom. The average Bonchev–Trinajstić information content (AvgIpc) is 2.76. The van der Waals surface area contributed by atoms with Gasteiger partial charge in [-0.1, -0.05) is 62.6 Å². The number of allylic oxidation sites excluding steroid dienone is 5. The van der Waals surface area contributed by atoms with Crippen molar-refractivity contribution in [3.63, 3.8) is 0 Å². The van der Waals surface area contributed by atoms with Crippen LogP contribution in [0.5, 0.6) is 0 Å². The van der Waals surface area contributed by atoms with Crippen molar-refractivity contribution in [3.8, 4) is 0 Å². The third-order valence-corrected chi connectivity index (χ3v) is 6.23. The van der Waals surface area contributed by atoms with Crippen LogP contribution in [0.15, 0.2) is 53.6 Å². The second-order valence-corrected chi connectivity index (χ2v) is 8.31. The standard InChI is InChI=1S/C25H35N3O3/c1-5-20-12-14-27(15-13-20)23-11-10-22(17-24(23)28(30)31)19(4)21(6-2)16-18(3)8-7-9-25(26)29/h7-11,16-17,19-20H,5-6,12-15H2,1-4H3,(H2,26,29)/b9-7+,18-8-,21-16+. The van der Waals surface area contributed by atoms with Crippen molar-refractivity contribution >= 4 is 17.3 Å². The molecule has 1 fully saturated rings. The van der Waals surface area contributed by atoms with Crippen molar-refractivity contribution < 1.29 is 9.72 Å². The van der Waals surface area contributed by atoms with Gasteiger partial charge in [-0.3, -0.25) is 14.9 Å². The molecule has 6 heteroatoms. The maximum atomic E-state index is 11.9. The molecule has 2 N–H and O–H groups in total. The van der Waals surface area contributed by atoms with Crippen molar-refractivity contribution in [2.45, 2.75) is 59.3 Å². The molecular formula is C25H35N3O3. The number of hydrogen-bond acceptors (Lipinski definition) is 4. The number of benzene rings is 1. The highest BCUT2D eigenvalue weighted by Gasteiger charge is 2.25. The monoisotopic (exact) mass is 425 g/mol. The average molecular weight is 426 g/mol. The molecule has 6 nitrogen and oxygen atoms in total. The van der Waals surface area contributed by atoms with Gasteiger partial charge in [0.2, 0.25) is 5.91 Å². The molecule has 1 aromatic carbocycles. The van der Waals surface area contributed by atoms with Crippen molar-refractivity contribution in [1.82, 2.24) is 0 Å². The number of piperidine rings is 1. The first-order valence-electron chi connectivity index (χ1n) is 11.1. The van der Waals surface area contributed by atoms with Gasteiger partial charge in [-0.25, -0.2) is 0 Å². The van der Waals surface area contributed by atoms with Gasteiger partial charge in [0.05, 0.1) is 4.92 Å². The topological polar surface area (TPSA) is 89.5 Å². The lowest BCUT2D eigenvalue weighted by Gasteiger charge is -2.33. The maximum absolute atomic E-state index is 11.9. The van der Waals surface area contributed by atoms with E-state index in [2.05, 4.69) is 31.7 Å². The van der Waals surface area contributed by atoms with E-state index in [0.717, 1.165) is 55.1 Å². The van der Waals surface area contributed by atoms with Gasteiger partial charge in [0.15, 0.2) is 0 Å². The maximum Gasteiger partial charge on any atom is 0.292 e. The van der Waals surface area contributed by atoms with Crippen LogP contribution < -0.4 is 10.6 Å². The second kappa shape index (κ2) is 11.5. The predicted octanol–water partition coefficient (Wildman–Crippen LogP) is 5.65. The SMILES string of the molecule is CC\C(=C/C(C)=C\C=C\C(N)=O)C(C)c1ccc(N2CCC(CC)CC2)c([N+](=O)[O-])c1. The Labute approximate surface area is 185 Å². The van der Waals surface area contributed by atoms with Crippen molar-refractivity contribution in [3.05, 3.63) is 69.3 Å². The molecule has 168 valence electrons. The molecule has 1 aliphatic heterocycles. The first-order chi connectivity index (χ1) is 14.8. The number of hydrogen-bond donors (Lipinski definition) is 1. The third-order valence-electron chi connectivity index (χ3n) is 6.23. The lowest BCUT2D eigenvalue weighted by molar-refractivity contribution is -0.384. The number of nitro benzene ring substituents is 1. The van der Waals surface area contributed by atoms with Crippen LogP contribution in [-0.4, -0.2) is 23.9 Å². The van der Waals surface area contributed by atoms with E-state index in [1.54, 1.807) is 12.1 Å². The van der Waals surface area contributed by atoms with E-state index in [9.17, 15) is 14.9 Å². The van der Waals surface area contributed by atoms with Crippen LogP contribution in [0.1, 0.15) is 64.9 Å². The fourth-order valence-corrected chi connectivity index (χ4v) is 4.19. The van der Waals surface area contributed by atoms with Crippen molar-refractivity contribution in [2.24, 2.45) is 11.7 Å². The van der Waals surface area contributed by atoms with Gasteiger partial charge in [-0.05, 0) is 43.7 Å². The minimum atomic E-state index is -0.483. The molecule has 0 saturated carbocycles. The summed E-state index contributed by atoms with van der Waals surface area (Å²) >= 11 is 0. The number of nitrogens with two attached hydrogens (primary N) is 1. The minimum absolute atomic E-state index is 0.0482. The summed E-state index contributed by atoms with van der Waals surface area (Å²) in [5, 5.41) is 11.9. The van der Waals surface area contributed by atoms with Gasteiger partial charge in [-0.15, -0.1) is 0 Å². The Bertz CT molecular complexity index is 878. The minimum Gasteiger partial charge on any atom is -0.366 e. The van der Waals surface area contributed by atoms with Crippen LogP contribution in [0.3, 0.4) is 0 Å². The first kappa shape index (κ1) is 24.4. The number of carbonyl (C=O) groups excluding carboxylic acids is 1. The summed E-state index contributed by atoms with van der Waals surface area (Å²) in [5.74, 6) is 0.288. The summed E-state index contributed by atoms with van der Waals surface area (Å²) in [7, 11) is 0. The highest BCUT2D eigenvalue weighted by molar-refractivity contribution is 5.86. The van der Waals surface area contributed by atoms with E-state index < -0.39 is 5.91 Å². The first-order valence-corrected chi connectivity index (χ1v) is 11.1. The van der Waals surface area contributed by atoms with Gasteiger partial charge >= 0.3 is 0 Å². The fraction of sp³-hybridized carbons (Fsp3) is 0.480. The number of rotatable bonds is 9. The second-order valence-electron chi connectivity index (χ2n) is 8.31. The Balaban J connectivity index is 2.28. The normalized spacial score (nSPS) is 17.2. The molecule has 0 radical (unpaired) electrons. The smallest absolute Gasteiger partial charge is 0.292 e. The quantitative estimate of drug-likeness (QED) is 0.240. The highest BCUT2D eigenvalue weighted by Crippen LogP contribution is 2.36. The number of nitro groups is 1. The van der Waals surface area contributed by atoms with Gasteiger partial charge in [-0.2, -0.15) is 0 Å². The molecule has 31 heavy (non-hydrogen) atoms.